The highest BCUT2D eigenvalue weighted by molar-refractivity contribution is 5.48. The third kappa shape index (κ3) is 6.15. The summed E-state index contributed by atoms with van der Waals surface area (Å²) in [6, 6.07) is 16.3. The Hall–Kier alpha value is -2.16. The summed E-state index contributed by atoms with van der Waals surface area (Å²) in [5.41, 5.74) is 2.23. The lowest BCUT2D eigenvalue weighted by molar-refractivity contribution is 0.240. The van der Waals surface area contributed by atoms with E-state index in [1.165, 1.54) is 0 Å². The highest BCUT2D eigenvalue weighted by Gasteiger charge is 2.05. The molecule has 0 spiro atoms. The Morgan fingerprint density at radius 3 is 2.29 bits per heavy atom. The predicted molar refractivity (Wildman–Crippen MR) is 101 cm³/mol. The van der Waals surface area contributed by atoms with Gasteiger partial charge in [-0.2, -0.15) is 0 Å². The van der Waals surface area contributed by atoms with E-state index in [0.717, 1.165) is 42.3 Å². The monoisotopic (exact) mass is 327 g/mol. The second-order valence-corrected chi connectivity index (χ2v) is 6.68. The van der Waals surface area contributed by atoms with Crippen LogP contribution < -0.4 is 14.8 Å². The van der Waals surface area contributed by atoms with Crippen LogP contribution in [0.1, 0.15) is 39.7 Å². The van der Waals surface area contributed by atoms with Gasteiger partial charge in [0.1, 0.15) is 11.5 Å². The number of hydrogen-bond acceptors (Lipinski definition) is 3. The maximum absolute atomic E-state index is 5.86. The van der Waals surface area contributed by atoms with Crippen LogP contribution in [0.15, 0.2) is 48.5 Å². The number of rotatable bonds is 9. The van der Waals surface area contributed by atoms with E-state index in [1.54, 1.807) is 0 Å². The van der Waals surface area contributed by atoms with Crippen molar-refractivity contribution in [1.29, 1.82) is 0 Å². The fourth-order valence-corrected chi connectivity index (χ4v) is 2.30. The number of para-hydroxylation sites is 1. The summed E-state index contributed by atoms with van der Waals surface area (Å²) >= 11 is 0. The van der Waals surface area contributed by atoms with Gasteiger partial charge in [-0.25, -0.2) is 0 Å². The SMILES string of the molecule is CC(C)CCOc1ccc(NCc2ccccc2OC(C)C)cc1. The topological polar surface area (TPSA) is 30.5 Å². The van der Waals surface area contributed by atoms with Crippen LogP contribution >= 0.6 is 0 Å². The van der Waals surface area contributed by atoms with Crippen molar-refractivity contribution in [3.8, 4) is 11.5 Å². The third-order valence-electron chi connectivity index (χ3n) is 3.64. The minimum atomic E-state index is 0.174. The third-order valence-corrected chi connectivity index (χ3v) is 3.64. The van der Waals surface area contributed by atoms with Crippen molar-refractivity contribution in [1.82, 2.24) is 0 Å². The lowest BCUT2D eigenvalue weighted by Crippen LogP contribution is -2.09. The van der Waals surface area contributed by atoms with Crippen molar-refractivity contribution in [2.45, 2.75) is 46.8 Å². The van der Waals surface area contributed by atoms with Gasteiger partial charge < -0.3 is 14.8 Å². The van der Waals surface area contributed by atoms with Crippen molar-refractivity contribution in [2.24, 2.45) is 5.92 Å². The zero-order valence-electron chi connectivity index (χ0n) is 15.2. The molecule has 0 aliphatic rings. The summed E-state index contributed by atoms with van der Waals surface area (Å²) in [6.45, 7) is 10.00. The predicted octanol–water partition coefficient (Wildman–Crippen LogP) is 5.51. The van der Waals surface area contributed by atoms with E-state index in [-0.39, 0.29) is 6.10 Å². The molecule has 3 heteroatoms. The van der Waals surface area contributed by atoms with Gasteiger partial charge in [-0.05, 0) is 56.5 Å². The van der Waals surface area contributed by atoms with Crippen LogP contribution in [-0.4, -0.2) is 12.7 Å². The molecule has 0 bridgehead atoms. The maximum Gasteiger partial charge on any atom is 0.124 e. The fourth-order valence-electron chi connectivity index (χ4n) is 2.30. The highest BCUT2D eigenvalue weighted by Crippen LogP contribution is 2.22. The fraction of sp³-hybridized carbons (Fsp3) is 0.429. The highest BCUT2D eigenvalue weighted by atomic mass is 16.5. The Morgan fingerprint density at radius 1 is 0.917 bits per heavy atom. The first-order valence-corrected chi connectivity index (χ1v) is 8.76. The molecule has 0 aliphatic carbocycles. The van der Waals surface area contributed by atoms with Gasteiger partial charge in [0.05, 0.1) is 12.7 Å². The Balaban J connectivity index is 1.88. The van der Waals surface area contributed by atoms with E-state index in [9.17, 15) is 0 Å². The molecule has 0 saturated carbocycles. The lowest BCUT2D eigenvalue weighted by Gasteiger charge is -2.15. The van der Waals surface area contributed by atoms with Gasteiger partial charge in [0.25, 0.3) is 0 Å². The van der Waals surface area contributed by atoms with Gasteiger partial charge >= 0.3 is 0 Å². The number of anilines is 1. The lowest BCUT2D eigenvalue weighted by atomic mass is 10.1. The van der Waals surface area contributed by atoms with Crippen molar-refractivity contribution < 1.29 is 9.47 Å². The normalized spacial score (nSPS) is 10.9. The standard InChI is InChI=1S/C21H29NO2/c1-16(2)13-14-23-20-11-9-19(10-12-20)22-15-18-7-5-6-8-21(18)24-17(3)4/h5-12,16-17,22H,13-15H2,1-4H3. The smallest absolute Gasteiger partial charge is 0.124 e. The largest absolute Gasteiger partial charge is 0.494 e. The molecule has 0 aliphatic heterocycles. The summed E-state index contributed by atoms with van der Waals surface area (Å²) in [6.07, 6.45) is 1.25. The molecule has 0 unspecified atom stereocenters. The molecule has 0 fully saturated rings. The molecule has 0 saturated heterocycles. The number of ether oxygens (including phenoxy) is 2. The van der Waals surface area contributed by atoms with Gasteiger partial charge in [-0.15, -0.1) is 0 Å². The molecule has 2 rings (SSSR count). The quantitative estimate of drug-likeness (QED) is 0.658. The first-order valence-electron chi connectivity index (χ1n) is 8.76. The molecule has 0 heterocycles. The molecule has 130 valence electrons. The molecular formula is C21H29NO2. The Kier molecular flexibility index (Phi) is 6.98. The van der Waals surface area contributed by atoms with Crippen LogP contribution in [0.5, 0.6) is 11.5 Å². The number of hydrogen-bond donors (Lipinski definition) is 1. The molecule has 0 amide bonds. The first-order chi connectivity index (χ1) is 11.5. The van der Waals surface area contributed by atoms with E-state index in [4.69, 9.17) is 9.47 Å². The molecule has 2 aromatic rings. The zero-order chi connectivity index (χ0) is 17.4. The summed E-state index contributed by atoms with van der Waals surface area (Å²) < 4.78 is 11.6. The van der Waals surface area contributed by atoms with Crippen LogP contribution in [0.25, 0.3) is 0 Å². The van der Waals surface area contributed by atoms with Gasteiger partial charge in [0.15, 0.2) is 0 Å². The van der Waals surface area contributed by atoms with Gasteiger partial charge in [0.2, 0.25) is 0 Å². The first kappa shape index (κ1) is 18.2. The summed E-state index contributed by atoms with van der Waals surface area (Å²) in [5, 5.41) is 3.44. The maximum atomic E-state index is 5.86. The second-order valence-electron chi connectivity index (χ2n) is 6.68. The summed E-state index contributed by atoms with van der Waals surface area (Å²) in [7, 11) is 0. The van der Waals surface area contributed by atoms with Crippen LogP contribution in [0.4, 0.5) is 5.69 Å². The second kappa shape index (κ2) is 9.21. The van der Waals surface area contributed by atoms with Crippen LogP contribution in [0.2, 0.25) is 0 Å². The van der Waals surface area contributed by atoms with E-state index in [2.05, 4.69) is 37.4 Å². The Bertz CT molecular complexity index is 605. The molecule has 0 radical (unpaired) electrons. The Labute approximate surface area is 146 Å². The van der Waals surface area contributed by atoms with Crippen molar-refractivity contribution >= 4 is 5.69 Å². The minimum absolute atomic E-state index is 0.174. The van der Waals surface area contributed by atoms with E-state index in [0.29, 0.717) is 5.92 Å². The Morgan fingerprint density at radius 2 is 1.62 bits per heavy atom. The summed E-state index contributed by atoms with van der Waals surface area (Å²) in [4.78, 5) is 0. The van der Waals surface area contributed by atoms with Gasteiger partial charge in [-0.3, -0.25) is 0 Å². The van der Waals surface area contributed by atoms with Crippen molar-refractivity contribution in [2.75, 3.05) is 11.9 Å². The number of benzene rings is 2. The number of nitrogens with one attached hydrogen (secondary N) is 1. The van der Waals surface area contributed by atoms with Gasteiger partial charge in [-0.1, -0.05) is 32.0 Å². The van der Waals surface area contributed by atoms with Crippen molar-refractivity contribution in [3.05, 3.63) is 54.1 Å². The van der Waals surface area contributed by atoms with E-state index < -0.39 is 0 Å². The molecule has 0 atom stereocenters. The molecule has 3 nitrogen and oxygen atoms in total. The molecule has 1 N–H and O–H groups in total. The average Bonchev–Trinajstić information content (AvgIpc) is 2.54. The minimum Gasteiger partial charge on any atom is -0.494 e. The molecular weight excluding hydrogens is 298 g/mol. The summed E-state index contributed by atoms with van der Waals surface area (Å²) in [5.74, 6) is 2.53. The average molecular weight is 327 g/mol. The molecule has 24 heavy (non-hydrogen) atoms. The van der Waals surface area contributed by atoms with Crippen LogP contribution in [-0.2, 0) is 6.54 Å². The van der Waals surface area contributed by atoms with Gasteiger partial charge in [0, 0.05) is 17.8 Å². The zero-order valence-corrected chi connectivity index (χ0v) is 15.2. The van der Waals surface area contributed by atoms with E-state index in [1.807, 2.05) is 44.2 Å². The van der Waals surface area contributed by atoms with Crippen LogP contribution in [0, 0.1) is 5.92 Å². The van der Waals surface area contributed by atoms with Crippen LogP contribution in [0.3, 0.4) is 0 Å². The van der Waals surface area contributed by atoms with Crippen molar-refractivity contribution in [3.63, 3.8) is 0 Å². The van der Waals surface area contributed by atoms with E-state index >= 15 is 0 Å². The molecule has 2 aromatic carbocycles. The molecule has 0 aromatic heterocycles.